The van der Waals surface area contributed by atoms with E-state index >= 15 is 0 Å². The van der Waals surface area contributed by atoms with Crippen LogP contribution in [0.2, 0.25) is 0 Å². The molecule has 1 aromatic carbocycles. The van der Waals surface area contributed by atoms with Crippen LogP contribution in [0, 0.1) is 12.8 Å². The molecule has 0 unspecified atom stereocenters. The minimum absolute atomic E-state index is 0.0109. The Morgan fingerprint density at radius 3 is 3.09 bits per heavy atom. The first kappa shape index (κ1) is 14.7. The molecule has 0 bridgehead atoms. The molecule has 0 radical (unpaired) electrons. The van der Waals surface area contributed by atoms with E-state index in [2.05, 4.69) is 16.3 Å². The number of amides is 1. The minimum atomic E-state index is -0.694. The molecule has 23 heavy (non-hydrogen) atoms. The lowest BCUT2D eigenvalue weighted by Crippen LogP contribution is -2.47. The number of benzene rings is 1. The maximum absolute atomic E-state index is 12.9. The van der Waals surface area contributed by atoms with Crippen molar-refractivity contribution in [2.45, 2.75) is 44.7 Å². The van der Waals surface area contributed by atoms with E-state index in [-0.39, 0.29) is 23.8 Å². The zero-order valence-corrected chi connectivity index (χ0v) is 13.6. The smallest absolute Gasteiger partial charge is 0.310 e. The molecule has 1 aromatic rings. The highest BCUT2D eigenvalue weighted by Crippen LogP contribution is 2.54. The lowest BCUT2D eigenvalue weighted by Gasteiger charge is -2.32. The highest BCUT2D eigenvalue weighted by molar-refractivity contribution is 6.06. The van der Waals surface area contributed by atoms with Gasteiger partial charge in [-0.1, -0.05) is 17.7 Å². The molecular weight excluding hydrogens is 292 g/mol. The first-order valence-electron chi connectivity index (χ1n) is 8.44. The number of carbonyl (C=O) groups is 2. The maximum atomic E-state index is 12.9. The third kappa shape index (κ3) is 1.89. The Labute approximate surface area is 136 Å². The van der Waals surface area contributed by atoms with Gasteiger partial charge in [-0.25, -0.2) is 0 Å². The predicted molar refractivity (Wildman–Crippen MR) is 86.0 cm³/mol. The van der Waals surface area contributed by atoms with Gasteiger partial charge in [-0.3, -0.25) is 14.5 Å². The van der Waals surface area contributed by atoms with E-state index in [1.54, 1.807) is 0 Å². The number of esters is 1. The van der Waals surface area contributed by atoms with Crippen LogP contribution in [0.15, 0.2) is 18.2 Å². The molecule has 3 heterocycles. The highest BCUT2D eigenvalue weighted by atomic mass is 16.5. The zero-order chi connectivity index (χ0) is 16.2. The SMILES string of the molecule is CCOC(=O)[C@@H]1C[C@@]2(C(=O)Nc3ccc(C)cc32)N2CCC[C@H]12. The fourth-order valence-electron chi connectivity index (χ4n) is 4.69. The number of ether oxygens (including phenoxy) is 1. The zero-order valence-electron chi connectivity index (χ0n) is 13.6. The van der Waals surface area contributed by atoms with Gasteiger partial charge >= 0.3 is 5.97 Å². The van der Waals surface area contributed by atoms with Crippen LogP contribution in [0.3, 0.4) is 0 Å². The summed E-state index contributed by atoms with van der Waals surface area (Å²) in [4.78, 5) is 27.6. The number of carbonyl (C=O) groups excluding carboxylic acids is 2. The van der Waals surface area contributed by atoms with E-state index in [4.69, 9.17) is 4.74 Å². The van der Waals surface area contributed by atoms with Gasteiger partial charge in [0.15, 0.2) is 0 Å². The van der Waals surface area contributed by atoms with Crippen molar-refractivity contribution in [2.75, 3.05) is 18.5 Å². The Hall–Kier alpha value is -1.88. The number of rotatable bonds is 2. The quantitative estimate of drug-likeness (QED) is 0.850. The first-order chi connectivity index (χ1) is 11.1. The van der Waals surface area contributed by atoms with Crippen molar-refractivity contribution < 1.29 is 14.3 Å². The van der Waals surface area contributed by atoms with Crippen molar-refractivity contribution in [1.29, 1.82) is 0 Å². The van der Waals surface area contributed by atoms with Crippen LogP contribution in [-0.4, -0.2) is 36.0 Å². The molecule has 2 fully saturated rings. The maximum Gasteiger partial charge on any atom is 0.310 e. The van der Waals surface area contributed by atoms with Gasteiger partial charge in [0.2, 0.25) is 5.91 Å². The van der Waals surface area contributed by atoms with Crippen molar-refractivity contribution in [2.24, 2.45) is 5.92 Å². The number of aryl methyl sites for hydroxylation is 1. The fraction of sp³-hybridized carbons (Fsp3) is 0.556. The number of fused-ring (bicyclic) bond motifs is 4. The second-order valence-corrected chi connectivity index (χ2v) is 6.83. The summed E-state index contributed by atoms with van der Waals surface area (Å²) in [6.45, 7) is 5.12. The molecule has 2 saturated heterocycles. The van der Waals surface area contributed by atoms with E-state index in [0.29, 0.717) is 13.0 Å². The van der Waals surface area contributed by atoms with Crippen molar-refractivity contribution in [3.8, 4) is 0 Å². The molecule has 4 rings (SSSR count). The largest absolute Gasteiger partial charge is 0.466 e. The van der Waals surface area contributed by atoms with Crippen LogP contribution in [-0.2, 0) is 19.9 Å². The average molecular weight is 314 g/mol. The van der Waals surface area contributed by atoms with Crippen LogP contribution in [0.4, 0.5) is 5.69 Å². The summed E-state index contributed by atoms with van der Waals surface area (Å²) >= 11 is 0. The van der Waals surface area contributed by atoms with Gasteiger partial charge in [0.1, 0.15) is 5.54 Å². The monoisotopic (exact) mass is 314 g/mol. The molecule has 1 amide bonds. The van der Waals surface area contributed by atoms with Crippen LogP contribution < -0.4 is 5.32 Å². The van der Waals surface area contributed by atoms with Crippen LogP contribution >= 0.6 is 0 Å². The van der Waals surface area contributed by atoms with Gasteiger partial charge in [-0.15, -0.1) is 0 Å². The molecule has 1 N–H and O–H groups in total. The molecule has 5 heteroatoms. The van der Waals surface area contributed by atoms with Gasteiger partial charge in [0, 0.05) is 17.3 Å². The summed E-state index contributed by atoms with van der Waals surface area (Å²) in [6, 6.07) is 6.19. The normalized spacial score (nSPS) is 32.0. The van der Waals surface area contributed by atoms with E-state index in [1.807, 2.05) is 26.0 Å². The Kier molecular flexibility index (Phi) is 3.23. The lowest BCUT2D eigenvalue weighted by molar-refractivity contribution is -0.148. The topological polar surface area (TPSA) is 58.6 Å². The Morgan fingerprint density at radius 1 is 1.48 bits per heavy atom. The Bertz CT molecular complexity index is 687. The Morgan fingerprint density at radius 2 is 2.30 bits per heavy atom. The van der Waals surface area contributed by atoms with Crippen LogP contribution in [0.5, 0.6) is 0 Å². The lowest BCUT2D eigenvalue weighted by atomic mass is 9.84. The molecule has 122 valence electrons. The van der Waals surface area contributed by atoms with Crippen molar-refractivity contribution in [3.63, 3.8) is 0 Å². The predicted octanol–water partition coefficient (Wildman–Crippen LogP) is 2.19. The highest BCUT2D eigenvalue weighted by Gasteiger charge is 2.63. The molecule has 3 aliphatic rings. The fourth-order valence-corrected chi connectivity index (χ4v) is 4.69. The summed E-state index contributed by atoms with van der Waals surface area (Å²) in [5, 5.41) is 3.03. The number of hydrogen-bond donors (Lipinski definition) is 1. The molecule has 0 aromatic heterocycles. The summed E-state index contributed by atoms with van der Waals surface area (Å²) in [7, 11) is 0. The number of hydrogen-bond acceptors (Lipinski definition) is 4. The number of anilines is 1. The van der Waals surface area contributed by atoms with Crippen LogP contribution in [0.1, 0.15) is 37.3 Å². The summed E-state index contributed by atoms with van der Waals surface area (Å²) in [5.74, 6) is -0.360. The van der Waals surface area contributed by atoms with Gasteiger partial charge in [0.05, 0.1) is 12.5 Å². The number of nitrogens with one attached hydrogen (secondary N) is 1. The number of nitrogens with zero attached hydrogens (tertiary/aromatic N) is 1. The first-order valence-corrected chi connectivity index (χ1v) is 8.44. The standard InChI is InChI=1S/C18H22N2O3/c1-3-23-16(21)12-10-18(20-8-4-5-15(12)20)13-9-11(2)6-7-14(13)19-17(18)22/h6-7,9,12,15H,3-5,8,10H2,1-2H3,(H,19,22)/t12-,15-,18-/m1/s1. The van der Waals surface area contributed by atoms with Gasteiger partial charge < -0.3 is 10.1 Å². The van der Waals surface area contributed by atoms with E-state index < -0.39 is 5.54 Å². The van der Waals surface area contributed by atoms with Gasteiger partial charge in [-0.05, 0) is 45.7 Å². The van der Waals surface area contributed by atoms with E-state index in [0.717, 1.165) is 36.2 Å². The minimum Gasteiger partial charge on any atom is -0.466 e. The van der Waals surface area contributed by atoms with Crippen molar-refractivity contribution in [3.05, 3.63) is 29.3 Å². The third-order valence-electron chi connectivity index (χ3n) is 5.60. The van der Waals surface area contributed by atoms with E-state index in [9.17, 15) is 9.59 Å². The van der Waals surface area contributed by atoms with Crippen molar-refractivity contribution >= 4 is 17.6 Å². The molecule has 3 aliphatic heterocycles. The molecule has 5 nitrogen and oxygen atoms in total. The third-order valence-corrected chi connectivity index (χ3v) is 5.60. The average Bonchev–Trinajstić information content (AvgIpc) is 3.16. The Balaban J connectivity index is 1.81. The second kappa shape index (κ2) is 5.06. The molecule has 0 aliphatic carbocycles. The summed E-state index contributed by atoms with van der Waals surface area (Å²) < 4.78 is 5.29. The summed E-state index contributed by atoms with van der Waals surface area (Å²) in [5.41, 5.74) is 2.35. The molecule has 3 atom stereocenters. The van der Waals surface area contributed by atoms with Crippen LogP contribution in [0.25, 0.3) is 0 Å². The van der Waals surface area contributed by atoms with Gasteiger partial charge in [-0.2, -0.15) is 0 Å². The molecule has 1 spiro atoms. The molecular formula is C18H22N2O3. The summed E-state index contributed by atoms with van der Waals surface area (Å²) in [6.07, 6.45) is 2.51. The second-order valence-electron chi connectivity index (χ2n) is 6.83. The van der Waals surface area contributed by atoms with Crippen molar-refractivity contribution in [1.82, 2.24) is 4.90 Å². The van der Waals surface area contributed by atoms with E-state index in [1.165, 1.54) is 0 Å². The molecule has 0 saturated carbocycles. The van der Waals surface area contributed by atoms with Gasteiger partial charge in [0.25, 0.3) is 0 Å².